The molecule has 1 aliphatic heterocycles. The Hall–Kier alpha value is -2.33. The number of benzene rings is 2. The average molecular weight is 421 g/mol. The molecule has 2 aromatic carbocycles. The van der Waals surface area contributed by atoms with E-state index in [9.17, 15) is 9.90 Å². The maximum Gasteiger partial charge on any atom is 0.254 e. The molecule has 1 saturated heterocycles. The molecule has 0 saturated carbocycles. The molecule has 166 valence electrons. The van der Waals surface area contributed by atoms with Gasteiger partial charge in [0.05, 0.1) is 0 Å². The molecule has 31 heavy (non-hydrogen) atoms. The van der Waals surface area contributed by atoms with Crippen LogP contribution in [-0.2, 0) is 18.4 Å². The Morgan fingerprint density at radius 1 is 1.10 bits per heavy atom. The predicted molar refractivity (Wildman–Crippen MR) is 125 cm³/mol. The molecule has 1 aliphatic carbocycles. The van der Waals surface area contributed by atoms with Crippen molar-refractivity contribution in [3.05, 3.63) is 64.7 Å². The summed E-state index contributed by atoms with van der Waals surface area (Å²) in [5, 5.41) is 10.6. The molecule has 2 aromatic rings. The fraction of sp³-hybridized carbons (Fsp3) is 0.519. The number of nitrogens with zero attached hydrogens (tertiary/aromatic N) is 2. The highest BCUT2D eigenvalue weighted by atomic mass is 16.3. The van der Waals surface area contributed by atoms with Gasteiger partial charge in [0.15, 0.2) is 0 Å². The molecule has 2 atom stereocenters. The third kappa shape index (κ3) is 3.45. The van der Waals surface area contributed by atoms with Gasteiger partial charge in [-0.1, -0.05) is 58.9 Å². The van der Waals surface area contributed by atoms with Gasteiger partial charge >= 0.3 is 0 Å². The Morgan fingerprint density at radius 2 is 1.77 bits per heavy atom. The zero-order valence-electron chi connectivity index (χ0n) is 19.6. The second-order valence-corrected chi connectivity index (χ2v) is 9.98. The lowest BCUT2D eigenvalue weighted by Gasteiger charge is -2.60. The monoisotopic (exact) mass is 420 g/mol. The summed E-state index contributed by atoms with van der Waals surface area (Å²) in [4.78, 5) is 18.0. The molecular weight excluding hydrogens is 384 g/mol. The minimum Gasteiger partial charge on any atom is -0.508 e. The van der Waals surface area contributed by atoms with Crippen molar-refractivity contribution in [3.63, 3.8) is 0 Å². The topological polar surface area (TPSA) is 43.8 Å². The fourth-order valence-electron chi connectivity index (χ4n) is 5.79. The highest BCUT2D eigenvalue weighted by molar-refractivity contribution is 5.94. The normalized spacial score (nSPS) is 24.2. The zero-order valence-corrected chi connectivity index (χ0v) is 19.6. The van der Waals surface area contributed by atoms with Crippen LogP contribution < -0.4 is 0 Å². The Kier molecular flexibility index (Phi) is 5.63. The third-order valence-corrected chi connectivity index (χ3v) is 8.39. The number of piperidine rings is 1. The standard InChI is InChI=1S/C27H36N2O2/c1-6-28(7-2)18-19-11-13-20(14-12-19)25(31)29-16-15-27(5)22-9-8-10-23(30)21(22)17-24(29)26(27,3)4/h8-14,24,30H,6-7,15-18H2,1-5H3/t24?,27-/m0/s1. The summed E-state index contributed by atoms with van der Waals surface area (Å²) in [6.45, 7) is 14.9. The van der Waals surface area contributed by atoms with E-state index >= 15 is 0 Å². The Labute approximate surface area is 186 Å². The van der Waals surface area contributed by atoms with Crippen LogP contribution in [0.1, 0.15) is 68.1 Å². The molecule has 4 rings (SSSR count). The maximum atomic E-state index is 13.6. The summed E-state index contributed by atoms with van der Waals surface area (Å²) in [7, 11) is 0. The van der Waals surface area contributed by atoms with Crippen LogP contribution in [0.4, 0.5) is 0 Å². The number of amides is 1. The van der Waals surface area contributed by atoms with Gasteiger partial charge in [0.2, 0.25) is 0 Å². The minimum atomic E-state index is -0.0790. The first-order valence-corrected chi connectivity index (χ1v) is 11.7. The van der Waals surface area contributed by atoms with Crippen molar-refractivity contribution in [2.45, 2.75) is 65.5 Å². The molecule has 0 radical (unpaired) electrons. The summed E-state index contributed by atoms with van der Waals surface area (Å²) in [5.41, 5.74) is 4.12. The number of fused-ring (bicyclic) bond motifs is 4. The van der Waals surface area contributed by atoms with Crippen molar-refractivity contribution in [2.24, 2.45) is 5.41 Å². The highest BCUT2D eigenvalue weighted by Gasteiger charge is 2.57. The Bertz CT molecular complexity index is 962. The predicted octanol–water partition coefficient (Wildman–Crippen LogP) is 4.99. The molecule has 4 nitrogen and oxygen atoms in total. The van der Waals surface area contributed by atoms with E-state index in [4.69, 9.17) is 0 Å². The van der Waals surface area contributed by atoms with Crippen LogP contribution in [0.3, 0.4) is 0 Å². The first kappa shape index (κ1) is 21.9. The molecule has 1 fully saturated rings. The van der Waals surface area contributed by atoms with Crippen molar-refractivity contribution in [2.75, 3.05) is 19.6 Å². The second kappa shape index (κ2) is 7.98. The molecule has 2 bridgehead atoms. The van der Waals surface area contributed by atoms with Crippen LogP contribution in [0.5, 0.6) is 5.75 Å². The quantitative estimate of drug-likeness (QED) is 0.741. The number of rotatable bonds is 5. The zero-order chi connectivity index (χ0) is 22.4. The molecule has 1 unspecified atom stereocenters. The number of phenols is 1. The van der Waals surface area contributed by atoms with Crippen molar-refractivity contribution < 1.29 is 9.90 Å². The first-order chi connectivity index (χ1) is 14.7. The molecular formula is C27H36N2O2. The van der Waals surface area contributed by atoms with Crippen molar-refractivity contribution in [3.8, 4) is 5.75 Å². The van der Waals surface area contributed by atoms with E-state index in [1.165, 1.54) is 11.1 Å². The molecule has 0 aromatic heterocycles. The summed E-state index contributed by atoms with van der Waals surface area (Å²) in [6, 6.07) is 14.1. The number of hydrogen-bond donors (Lipinski definition) is 1. The van der Waals surface area contributed by atoms with Gasteiger partial charge in [0, 0.05) is 30.1 Å². The van der Waals surface area contributed by atoms with E-state index in [2.05, 4.69) is 62.6 Å². The lowest BCUT2D eigenvalue weighted by Crippen LogP contribution is -2.64. The largest absolute Gasteiger partial charge is 0.508 e. The van der Waals surface area contributed by atoms with Crippen molar-refractivity contribution >= 4 is 5.91 Å². The van der Waals surface area contributed by atoms with E-state index in [1.807, 2.05) is 18.2 Å². The summed E-state index contributed by atoms with van der Waals surface area (Å²) >= 11 is 0. The second-order valence-electron chi connectivity index (χ2n) is 9.98. The number of carbonyl (C=O) groups excluding carboxylic acids is 1. The van der Waals surface area contributed by atoms with Gasteiger partial charge in [-0.15, -0.1) is 0 Å². The van der Waals surface area contributed by atoms with Gasteiger partial charge < -0.3 is 10.0 Å². The van der Waals surface area contributed by atoms with Gasteiger partial charge in [0.1, 0.15) is 5.75 Å². The van der Waals surface area contributed by atoms with Gasteiger partial charge in [-0.05, 0) is 66.2 Å². The highest BCUT2D eigenvalue weighted by Crippen LogP contribution is 2.57. The average Bonchev–Trinajstić information content (AvgIpc) is 2.75. The lowest BCUT2D eigenvalue weighted by molar-refractivity contribution is -0.0266. The van der Waals surface area contributed by atoms with Crippen LogP contribution in [0.15, 0.2) is 42.5 Å². The number of carbonyl (C=O) groups is 1. The first-order valence-electron chi connectivity index (χ1n) is 11.7. The summed E-state index contributed by atoms with van der Waals surface area (Å²) in [5.74, 6) is 0.465. The number of hydrogen-bond acceptors (Lipinski definition) is 3. The number of aromatic hydroxyl groups is 1. The molecule has 4 heteroatoms. The SMILES string of the molecule is CCN(CC)Cc1ccc(C(=O)N2CC[C@@]3(C)c4cccc(O)c4CC2C3(C)C)cc1. The minimum absolute atomic E-state index is 0.0611. The number of likely N-dealkylation sites (tertiary alicyclic amines) is 1. The van der Waals surface area contributed by atoms with Crippen LogP contribution in [0, 0.1) is 5.41 Å². The van der Waals surface area contributed by atoms with Gasteiger partial charge in [-0.3, -0.25) is 9.69 Å². The van der Waals surface area contributed by atoms with E-state index in [0.29, 0.717) is 12.2 Å². The van der Waals surface area contributed by atoms with E-state index in [-0.39, 0.29) is 22.8 Å². The molecule has 1 heterocycles. The Morgan fingerprint density at radius 3 is 2.42 bits per heavy atom. The van der Waals surface area contributed by atoms with E-state index in [1.54, 1.807) is 6.07 Å². The summed E-state index contributed by atoms with van der Waals surface area (Å²) < 4.78 is 0. The lowest BCUT2D eigenvalue weighted by atomic mass is 9.51. The molecule has 1 amide bonds. The van der Waals surface area contributed by atoms with Gasteiger partial charge in [-0.25, -0.2) is 0 Å². The molecule has 2 aliphatic rings. The Balaban J connectivity index is 1.62. The maximum absolute atomic E-state index is 13.6. The van der Waals surface area contributed by atoms with Crippen molar-refractivity contribution in [1.29, 1.82) is 0 Å². The number of phenolic OH excluding ortho intramolecular Hbond substituents is 1. The summed E-state index contributed by atoms with van der Waals surface area (Å²) in [6.07, 6.45) is 1.61. The van der Waals surface area contributed by atoms with Gasteiger partial charge in [-0.2, -0.15) is 0 Å². The fourth-order valence-corrected chi connectivity index (χ4v) is 5.79. The molecule has 1 N–H and O–H groups in total. The smallest absolute Gasteiger partial charge is 0.254 e. The van der Waals surface area contributed by atoms with Gasteiger partial charge in [0.25, 0.3) is 5.91 Å². The van der Waals surface area contributed by atoms with E-state index in [0.717, 1.165) is 43.7 Å². The van der Waals surface area contributed by atoms with E-state index < -0.39 is 0 Å². The van der Waals surface area contributed by atoms with Crippen LogP contribution in [0.25, 0.3) is 0 Å². The molecule has 0 spiro atoms. The van der Waals surface area contributed by atoms with Crippen molar-refractivity contribution in [1.82, 2.24) is 9.80 Å². The third-order valence-electron chi connectivity index (χ3n) is 8.39. The van der Waals surface area contributed by atoms with Crippen LogP contribution in [0.2, 0.25) is 0 Å². The van der Waals surface area contributed by atoms with Crippen LogP contribution >= 0.6 is 0 Å². The van der Waals surface area contributed by atoms with Crippen LogP contribution in [-0.4, -0.2) is 46.5 Å².